The topological polar surface area (TPSA) is 26.3 Å². The number of esters is 1. The van der Waals surface area contributed by atoms with E-state index in [1.165, 1.54) is 35.6 Å². The molecule has 0 bridgehead atoms. The van der Waals surface area contributed by atoms with Gasteiger partial charge in [0.25, 0.3) is 0 Å². The van der Waals surface area contributed by atoms with Crippen molar-refractivity contribution in [1.82, 2.24) is 0 Å². The average molecular weight is 320 g/mol. The third kappa shape index (κ3) is 5.38. The summed E-state index contributed by atoms with van der Waals surface area (Å²) in [5, 5.41) is 0. The van der Waals surface area contributed by atoms with Crippen molar-refractivity contribution in [1.29, 1.82) is 0 Å². The Morgan fingerprint density at radius 3 is 2.17 bits per heavy atom. The van der Waals surface area contributed by atoms with Gasteiger partial charge in [0.1, 0.15) is 0 Å². The van der Waals surface area contributed by atoms with Crippen LogP contribution in [-0.2, 0) is 22.4 Å². The zero-order valence-corrected chi connectivity index (χ0v) is 14.2. The molecule has 2 nitrogen and oxygen atoms in total. The molecule has 1 aliphatic rings. The van der Waals surface area contributed by atoms with Gasteiger partial charge in [-0.05, 0) is 61.3 Å². The number of aryl methyl sites for hydroxylation is 3. The maximum Gasteiger partial charge on any atom is 0.330 e. The largest absolute Gasteiger partial charge is 0.462 e. The van der Waals surface area contributed by atoms with Crippen LogP contribution in [-0.4, -0.2) is 12.6 Å². The molecule has 1 aliphatic carbocycles. The van der Waals surface area contributed by atoms with Crippen molar-refractivity contribution >= 4 is 12.0 Å². The number of benzene rings is 2. The molecule has 0 spiro atoms. The molecule has 0 radical (unpaired) electrons. The number of hydrogen-bond acceptors (Lipinski definition) is 2. The smallest absolute Gasteiger partial charge is 0.330 e. The van der Waals surface area contributed by atoms with Gasteiger partial charge < -0.3 is 4.74 Å². The minimum Gasteiger partial charge on any atom is -0.462 e. The predicted octanol–water partition coefficient (Wildman–Crippen LogP) is 4.75. The number of hydrogen-bond donors (Lipinski definition) is 0. The Balaban J connectivity index is 1.47. The van der Waals surface area contributed by atoms with E-state index in [1.807, 2.05) is 6.08 Å². The fourth-order valence-corrected chi connectivity index (χ4v) is 2.54. The molecule has 0 aromatic heterocycles. The van der Waals surface area contributed by atoms with Gasteiger partial charge in [0.15, 0.2) is 0 Å². The molecule has 1 saturated carbocycles. The highest BCUT2D eigenvalue weighted by Crippen LogP contribution is 2.28. The average Bonchev–Trinajstić information content (AvgIpc) is 3.43. The summed E-state index contributed by atoms with van der Waals surface area (Å²) in [6, 6.07) is 17.1. The van der Waals surface area contributed by atoms with Gasteiger partial charge in [-0.3, -0.25) is 0 Å². The van der Waals surface area contributed by atoms with Crippen molar-refractivity contribution < 1.29 is 9.53 Å². The maximum absolute atomic E-state index is 11.6. The molecule has 0 amide bonds. The number of rotatable bonds is 7. The lowest BCUT2D eigenvalue weighted by molar-refractivity contribution is -0.138. The van der Waals surface area contributed by atoms with Crippen molar-refractivity contribution in [2.24, 2.45) is 5.92 Å². The van der Waals surface area contributed by atoms with Crippen LogP contribution in [0.2, 0.25) is 0 Å². The van der Waals surface area contributed by atoms with Crippen LogP contribution in [0, 0.1) is 12.8 Å². The summed E-state index contributed by atoms with van der Waals surface area (Å²) in [6.45, 7) is 2.68. The lowest BCUT2D eigenvalue weighted by Gasteiger charge is -2.04. The van der Waals surface area contributed by atoms with Crippen molar-refractivity contribution in [3.8, 4) is 0 Å². The summed E-state index contributed by atoms with van der Waals surface area (Å²) in [4.78, 5) is 11.6. The standard InChI is InChI=1S/C22H24O2/c1-17-2-4-18(5-3-17)6-7-19-8-10-20(11-9-19)14-15-22(23)24-16-21-12-13-21/h2-5,8-11,14-15,21H,6-7,12-13,16H2,1H3/b15-14+. The molecular formula is C22H24O2. The van der Waals surface area contributed by atoms with Crippen LogP contribution in [0.5, 0.6) is 0 Å². The van der Waals surface area contributed by atoms with Crippen LogP contribution in [0.1, 0.15) is 35.1 Å². The molecule has 0 saturated heterocycles. The molecule has 24 heavy (non-hydrogen) atoms. The molecular weight excluding hydrogens is 296 g/mol. The molecule has 3 rings (SSSR count). The molecule has 0 N–H and O–H groups in total. The highest BCUT2D eigenvalue weighted by atomic mass is 16.5. The number of carbonyl (C=O) groups is 1. The van der Waals surface area contributed by atoms with Crippen molar-refractivity contribution in [2.45, 2.75) is 32.6 Å². The minimum absolute atomic E-state index is 0.245. The van der Waals surface area contributed by atoms with Crippen LogP contribution in [0.25, 0.3) is 6.08 Å². The summed E-state index contributed by atoms with van der Waals surface area (Å²) < 4.78 is 5.18. The van der Waals surface area contributed by atoms with E-state index in [0.29, 0.717) is 12.5 Å². The Bertz CT molecular complexity index is 692. The molecule has 2 aromatic rings. The van der Waals surface area contributed by atoms with E-state index in [1.54, 1.807) is 0 Å². The Kier molecular flexibility index (Phi) is 5.47. The molecule has 0 heterocycles. The van der Waals surface area contributed by atoms with Crippen LogP contribution in [0.3, 0.4) is 0 Å². The first-order valence-electron chi connectivity index (χ1n) is 8.68. The second kappa shape index (κ2) is 7.96. The number of ether oxygens (including phenoxy) is 1. The quantitative estimate of drug-likeness (QED) is 0.544. The summed E-state index contributed by atoms with van der Waals surface area (Å²) >= 11 is 0. The van der Waals surface area contributed by atoms with Crippen molar-refractivity contribution in [2.75, 3.05) is 6.61 Å². The van der Waals surface area contributed by atoms with E-state index in [2.05, 4.69) is 55.5 Å². The third-order valence-electron chi connectivity index (χ3n) is 4.37. The van der Waals surface area contributed by atoms with Gasteiger partial charge in [-0.1, -0.05) is 54.1 Å². The van der Waals surface area contributed by atoms with Gasteiger partial charge in [0, 0.05) is 6.08 Å². The Morgan fingerprint density at radius 2 is 1.58 bits per heavy atom. The van der Waals surface area contributed by atoms with E-state index >= 15 is 0 Å². The Labute approximate surface area is 144 Å². The number of carbonyl (C=O) groups excluding carboxylic acids is 1. The lowest BCUT2D eigenvalue weighted by atomic mass is 10.0. The Hall–Kier alpha value is -2.35. The van der Waals surface area contributed by atoms with Crippen LogP contribution in [0.15, 0.2) is 54.6 Å². The van der Waals surface area contributed by atoms with Gasteiger partial charge in [-0.15, -0.1) is 0 Å². The van der Waals surface area contributed by atoms with Gasteiger partial charge >= 0.3 is 5.97 Å². The molecule has 124 valence electrons. The van der Waals surface area contributed by atoms with Gasteiger partial charge in [-0.2, -0.15) is 0 Å². The summed E-state index contributed by atoms with van der Waals surface area (Å²) in [7, 11) is 0. The van der Waals surface area contributed by atoms with Gasteiger partial charge in [-0.25, -0.2) is 4.79 Å². The van der Waals surface area contributed by atoms with E-state index < -0.39 is 0 Å². The van der Waals surface area contributed by atoms with Gasteiger partial charge in [0.05, 0.1) is 6.61 Å². The molecule has 2 heteroatoms. The zero-order valence-electron chi connectivity index (χ0n) is 14.2. The highest BCUT2D eigenvalue weighted by molar-refractivity contribution is 5.87. The first-order valence-corrected chi connectivity index (χ1v) is 8.68. The van der Waals surface area contributed by atoms with Crippen LogP contribution in [0.4, 0.5) is 0 Å². The van der Waals surface area contributed by atoms with Gasteiger partial charge in [0.2, 0.25) is 0 Å². The van der Waals surface area contributed by atoms with Crippen molar-refractivity contribution in [3.05, 3.63) is 76.9 Å². The zero-order chi connectivity index (χ0) is 16.8. The van der Waals surface area contributed by atoms with E-state index in [0.717, 1.165) is 18.4 Å². The Morgan fingerprint density at radius 1 is 1.00 bits per heavy atom. The molecule has 1 fully saturated rings. The summed E-state index contributed by atoms with van der Waals surface area (Å²) in [5.74, 6) is 0.362. The fourth-order valence-electron chi connectivity index (χ4n) is 2.54. The summed E-state index contributed by atoms with van der Waals surface area (Å²) in [5.41, 5.74) is 5.00. The summed E-state index contributed by atoms with van der Waals surface area (Å²) in [6.07, 6.45) is 7.80. The van der Waals surface area contributed by atoms with Crippen molar-refractivity contribution in [3.63, 3.8) is 0 Å². The lowest BCUT2D eigenvalue weighted by Crippen LogP contribution is -2.03. The second-order valence-corrected chi connectivity index (χ2v) is 6.63. The molecule has 2 aromatic carbocycles. The first-order chi connectivity index (χ1) is 11.7. The molecule has 0 unspecified atom stereocenters. The maximum atomic E-state index is 11.6. The van der Waals surface area contributed by atoms with E-state index in [9.17, 15) is 4.79 Å². The second-order valence-electron chi connectivity index (χ2n) is 6.63. The first kappa shape index (κ1) is 16.5. The monoisotopic (exact) mass is 320 g/mol. The van der Waals surface area contributed by atoms with Crippen LogP contribution < -0.4 is 0 Å². The SMILES string of the molecule is Cc1ccc(CCc2ccc(/C=C/C(=O)OCC3CC3)cc2)cc1. The highest BCUT2D eigenvalue weighted by Gasteiger charge is 2.22. The normalized spacial score (nSPS) is 14.0. The van der Waals surface area contributed by atoms with E-state index in [-0.39, 0.29) is 5.97 Å². The molecule has 0 aliphatic heterocycles. The predicted molar refractivity (Wildman–Crippen MR) is 97.7 cm³/mol. The minimum atomic E-state index is -0.245. The molecule has 0 atom stereocenters. The van der Waals surface area contributed by atoms with E-state index in [4.69, 9.17) is 4.74 Å². The third-order valence-corrected chi connectivity index (χ3v) is 4.37. The van der Waals surface area contributed by atoms with Crippen LogP contribution >= 0.6 is 0 Å². The fraction of sp³-hybridized carbons (Fsp3) is 0.318.